The van der Waals surface area contributed by atoms with E-state index >= 15 is 0 Å². The summed E-state index contributed by atoms with van der Waals surface area (Å²) < 4.78 is 13.0. The molecule has 0 heterocycles. The van der Waals surface area contributed by atoms with Crippen molar-refractivity contribution < 1.29 is 9.18 Å². The summed E-state index contributed by atoms with van der Waals surface area (Å²) in [6.07, 6.45) is 0. The molecule has 2 heteroatoms. The molecule has 0 saturated carbocycles. The van der Waals surface area contributed by atoms with Gasteiger partial charge in [0.2, 0.25) is 0 Å². The van der Waals surface area contributed by atoms with E-state index in [0.717, 1.165) is 11.1 Å². The van der Waals surface area contributed by atoms with Gasteiger partial charge in [0.05, 0.1) is 0 Å². The third kappa shape index (κ3) is 2.41. The van der Waals surface area contributed by atoms with Crippen LogP contribution in [0.3, 0.4) is 0 Å². The molecule has 0 saturated heterocycles. The summed E-state index contributed by atoms with van der Waals surface area (Å²) in [7, 11) is 0. The topological polar surface area (TPSA) is 17.1 Å². The molecule has 0 N–H and O–H groups in total. The monoisotopic (exact) mass is 228 g/mol. The van der Waals surface area contributed by atoms with Gasteiger partial charge in [0, 0.05) is 11.1 Å². The first-order chi connectivity index (χ1) is 8.08. The van der Waals surface area contributed by atoms with Crippen LogP contribution in [-0.2, 0) is 0 Å². The maximum Gasteiger partial charge on any atom is 0.193 e. The Bertz CT molecular complexity index is 573. The summed E-state index contributed by atoms with van der Waals surface area (Å²) in [4.78, 5) is 12.1. The lowest BCUT2D eigenvalue weighted by Crippen LogP contribution is -2.02. The van der Waals surface area contributed by atoms with Gasteiger partial charge in [-0.25, -0.2) is 4.39 Å². The van der Waals surface area contributed by atoms with Crippen molar-refractivity contribution in [3.05, 3.63) is 70.5 Å². The van der Waals surface area contributed by atoms with Crippen molar-refractivity contribution in [3.63, 3.8) is 0 Å². The Hall–Kier alpha value is -1.96. The number of carbonyl (C=O) groups excluding carboxylic acids is 1. The average Bonchev–Trinajstić information content (AvgIpc) is 2.32. The van der Waals surface area contributed by atoms with Gasteiger partial charge in [-0.3, -0.25) is 4.79 Å². The van der Waals surface area contributed by atoms with Crippen molar-refractivity contribution in [2.45, 2.75) is 13.8 Å². The van der Waals surface area contributed by atoms with Crippen LogP contribution in [0.2, 0.25) is 0 Å². The molecule has 0 fully saturated rings. The normalized spacial score (nSPS) is 10.3. The minimum atomic E-state index is -0.389. The fraction of sp³-hybridized carbons (Fsp3) is 0.133. The molecule has 0 unspecified atom stereocenters. The minimum Gasteiger partial charge on any atom is -0.289 e. The number of ketones is 1. The zero-order chi connectivity index (χ0) is 12.4. The number of rotatable bonds is 2. The summed E-state index contributed by atoms with van der Waals surface area (Å²) in [5, 5.41) is 0. The SMILES string of the molecule is Cc1ccc(C(=O)c2cccc(F)c2)cc1C. The van der Waals surface area contributed by atoms with Crippen LogP contribution in [0.5, 0.6) is 0 Å². The largest absolute Gasteiger partial charge is 0.289 e. The summed E-state index contributed by atoms with van der Waals surface area (Å²) >= 11 is 0. The molecule has 0 aliphatic rings. The van der Waals surface area contributed by atoms with Gasteiger partial charge in [0.15, 0.2) is 5.78 Å². The summed E-state index contributed by atoms with van der Waals surface area (Å²) in [6, 6.07) is 11.3. The van der Waals surface area contributed by atoms with Gasteiger partial charge in [-0.15, -0.1) is 0 Å². The van der Waals surface area contributed by atoms with Crippen molar-refractivity contribution in [1.82, 2.24) is 0 Å². The first-order valence-electron chi connectivity index (χ1n) is 5.45. The first-order valence-corrected chi connectivity index (χ1v) is 5.45. The zero-order valence-corrected chi connectivity index (χ0v) is 9.83. The Balaban J connectivity index is 2.40. The predicted molar refractivity (Wildman–Crippen MR) is 65.7 cm³/mol. The molecule has 86 valence electrons. The van der Waals surface area contributed by atoms with Gasteiger partial charge in [-0.1, -0.05) is 24.3 Å². The molecule has 0 spiro atoms. The number of hydrogen-bond donors (Lipinski definition) is 0. The second-order valence-corrected chi connectivity index (χ2v) is 4.14. The quantitative estimate of drug-likeness (QED) is 0.717. The molecule has 1 nitrogen and oxygen atoms in total. The lowest BCUT2D eigenvalue weighted by Gasteiger charge is -2.04. The number of hydrogen-bond acceptors (Lipinski definition) is 1. The number of halogens is 1. The number of carbonyl (C=O) groups is 1. The van der Waals surface area contributed by atoms with Crippen LogP contribution in [-0.4, -0.2) is 5.78 Å². The van der Waals surface area contributed by atoms with Crippen molar-refractivity contribution in [2.24, 2.45) is 0 Å². The highest BCUT2D eigenvalue weighted by Crippen LogP contribution is 2.15. The van der Waals surface area contributed by atoms with Gasteiger partial charge >= 0.3 is 0 Å². The van der Waals surface area contributed by atoms with Gasteiger partial charge < -0.3 is 0 Å². The molecule has 17 heavy (non-hydrogen) atoms. The molecule has 0 atom stereocenters. The standard InChI is InChI=1S/C15H13FO/c1-10-6-7-13(8-11(10)2)15(17)12-4-3-5-14(16)9-12/h3-9H,1-2H3. The van der Waals surface area contributed by atoms with Gasteiger partial charge in [0.25, 0.3) is 0 Å². The van der Waals surface area contributed by atoms with Crippen LogP contribution in [0.15, 0.2) is 42.5 Å². The average molecular weight is 228 g/mol. The Morgan fingerprint density at radius 2 is 1.65 bits per heavy atom. The van der Waals surface area contributed by atoms with E-state index in [1.807, 2.05) is 26.0 Å². The summed E-state index contributed by atoms with van der Waals surface area (Å²) in [6.45, 7) is 3.95. The van der Waals surface area contributed by atoms with E-state index in [9.17, 15) is 9.18 Å². The maximum atomic E-state index is 13.0. The molecule has 0 bridgehead atoms. The molecule has 0 aliphatic carbocycles. The van der Waals surface area contributed by atoms with E-state index in [1.54, 1.807) is 18.2 Å². The lowest BCUT2D eigenvalue weighted by atomic mass is 9.99. The first kappa shape index (κ1) is 11.5. The Labute approximate surface area is 99.9 Å². The molecular formula is C15H13FO. The summed E-state index contributed by atoms with van der Waals surface area (Å²) in [5.74, 6) is -0.535. The van der Waals surface area contributed by atoms with E-state index in [-0.39, 0.29) is 11.6 Å². The van der Waals surface area contributed by atoms with E-state index in [4.69, 9.17) is 0 Å². The van der Waals surface area contributed by atoms with Crippen LogP contribution in [0.1, 0.15) is 27.0 Å². The highest BCUT2D eigenvalue weighted by atomic mass is 19.1. The van der Waals surface area contributed by atoms with Crippen molar-refractivity contribution >= 4 is 5.78 Å². The second-order valence-electron chi connectivity index (χ2n) is 4.14. The zero-order valence-electron chi connectivity index (χ0n) is 9.83. The van der Waals surface area contributed by atoms with E-state index < -0.39 is 0 Å². The minimum absolute atomic E-state index is 0.146. The summed E-state index contributed by atoms with van der Waals surface area (Å²) in [5.41, 5.74) is 3.18. The predicted octanol–water partition coefficient (Wildman–Crippen LogP) is 3.67. The van der Waals surface area contributed by atoms with Crippen LogP contribution in [0.25, 0.3) is 0 Å². The molecule has 0 aromatic heterocycles. The smallest absolute Gasteiger partial charge is 0.193 e. The van der Waals surface area contributed by atoms with Gasteiger partial charge in [-0.05, 0) is 43.2 Å². The fourth-order valence-electron chi connectivity index (χ4n) is 1.68. The van der Waals surface area contributed by atoms with Crippen molar-refractivity contribution in [1.29, 1.82) is 0 Å². The highest BCUT2D eigenvalue weighted by Gasteiger charge is 2.10. The van der Waals surface area contributed by atoms with E-state index in [1.165, 1.54) is 12.1 Å². The Morgan fingerprint density at radius 3 is 2.29 bits per heavy atom. The van der Waals surface area contributed by atoms with Crippen LogP contribution >= 0.6 is 0 Å². The third-order valence-electron chi connectivity index (χ3n) is 2.86. The van der Waals surface area contributed by atoms with Crippen molar-refractivity contribution in [2.75, 3.05) is 0 Å². The van der Waals surface area contributed by atoms with Gasteiger partial charge in [0.1, 0.15) is 5.82 Å². The van der Waals surface area contributed by atoms with E-state index in [2.05, 4.69) is 0 Å². The maximum absolute atomic E-state index is 13.0. The molecule has 0 aliphatic heterocycles. The van der Waals surface area contributed by atoms with Gasteiger partial charge in [-0.2, -0.15) is 0 Å². The molecule has 0 amide bonds. The van der Waals surface area contributed by atoms with Crippen LogP contribution < -0.4 is 0 Å². The van der Waals surface area contributed by atoms with Crippen LogP contribution in [0, 0.1) is 19.7 Å². The lowest BCUT2D eigenvalue weighted by molar-refractivity contribution is 0.103. The van der Waals surface area contributed by atoms with Crippen LogP contribution in [0.4, 0.5) is 4.39 Å². The number of aryl methyl sites for hydroxylation is 2. The molecule has 2 rings (SSSR count). The third-order valence-corrected chi connectivity index (χ3v) is 2.86. The number of benzene rings is 2. The Kier molecular flexibility index (Phi) is 3.05. The Morgan fingerprint density at radius 1 is 0.941 bits per heavy atom. The molecule has 2 aromatic carbocycles. The molecule has 2 aromatic rings. The fourth-order valence-corrected chi connectivity index (χ4v) is 1.68. The molecular weight excluding hydrogens is 215 g/mol. The second kappa shape index (κ2) is 4.50. The highest BCUT2D eigenvalue weighted by molar-refractivity contribution is 6.09. The molecule has 0 radical (unpaired) electrons. The van der Waals surface area contributed by atoms with Crippen molar-refractivity contribution in [3.8, 4) is 0 Å². The van der Waals surface area contributed by atoms with E-state index in [0.29, 0.717) is 11.1 Å².